The molecule has 1 aliphatic heterocycles. The third-order valence-electron chi connectivity index (χ3n) is 2.69. The summed E-state index contributed by atoms with van der Waals surface area (Å²) in [5.41, 5.74) is 2.06. The quantitative estimate of drug-likeness (QED) is 0.757. The fourth-order valence-corrected chi connectivity index (χ4v) is 1.92. The van der Waals surface area contributed by atoms with E-state index in [2.05, 4.69) is 6.07 Å². The molecule has 0 aromatic heterocycles. The lowest BCUT2D eigenvalue weighted by Gasteiger charge is -2.34. The molecule has 1 heterocycles. The Morgan fingerprint density at radius 2 is 2.19 bits per heavy atom. The van der Waals surface area contributed by atoms with Crippen LogP contribution >= 0.6 is 0 Å². The molecule has 0 bridgehead atoms. The van der Waals surface area contributed by atoms with Gasteiger partial charge in [-0.05, 0) is 11.6 Å². The second-order valence-electron chi connectivity index (χ2n) is 3.83. The van der Waals surface area contributed by atoms with Crippen LogP contribution in [0.25, 0.3) is 0 Å². The number of rotatable bonds is 2. The highest BCUT2D eigenvalue weighted by Crippen LogP contribution is 2.27. The maximum Gasteiger partial charge on any atom is 0.324 e. The molecule has 1 aromatic rings. The summed E-state index contributed by atoms with van der Waals surface area (Å²) in [6, 6.07) is 9.85. The van der Waals surface area contributed by atoms with Gasteiger partial charge in [0.15, 0.2) is 0 Å². The van der Waals surface area contributed by atoms with E-state index in [1.165, 1.54) is 0 Å². The molecule has 0 atom stereocenters. The van der Waals surface area contributed by atoms with Crippen LogP contribution in [0.5, 0.6) is 0 Å². The Morgan fingerprint density at radius 3 is 2.94 bits per heavy atom. The van der Waals surface area contributed by atoms with Crippen LogP contribution in [0.15, 0.2) is 24.3 Å². The number of nitrogens with zero attached hydrogens (tertiary/aromatic N) is 3. The lowest BCUT2D eigenvalue weighted by molar-refractivity contribution is 0.210. The molecule has 0 aliphatic carbocycles. The highest BCUT2D eigenvalue weighted by atomic mass is 16.2. The zero-order valence-corrected chi connectivity index (χ0v) is 9.18. The summed E-state index contributed by atoms with van der Waals surface area (Å²) in [6.45, 7) is 1.09. The number of para-hydroxylation sites is 1. The average molecular weight is 215 g/mol. The number of hydrogen-bond acceptors (Lipinski definition) is 2. The molecule has 1 aromatic carbocycles. The van der Waals surface area contributed by atoms with Crippen molar-refractivity contribution in [2.45, 2.75) is 13.0 Å². The Kier molecular flexibility index (Phi) is 2.78. The van der Waals surface area contributed by atoms with Gasteiger partial charge < -0.3 is 4.90 Å². The van der Waals surface area contributed by atoms with Crippen molar-refractivity contribution >= 4 is 11.7 Å². The van der Waals surface area contributed by atoms with Crippen molar-refractivity contribution in [1.82, 2.24) is 4.90 Å². The van der Waals surface area contributed by atoms with E-state index in [4.69, 9.17) is 5.26 Å². The van der Waals surface area contributed by atoms with Crippen LogP contribution in [0.3, 0.4) is 0 Å². The average Bonchev–Trinajstić information content (AvgIpc) is 2.30. The molecule has 1 aliphatic rings. The van der Waals surface area contributed by atoms with Crippen LogP contribution in [0.4, 0.5) is 10.5 Å². The summed E-state index contributed by atoms with van der Waals surface area (Å²) in [5, 5.41) is 8.60. The number of amides is 2. The molecule has 2 rings (SSSR count). The molecule has 0 saturated carbocycles. The first-order chi connectivity index (χ1) is 7.74. The highest BCUT2D eigenvalue weighted by Gasteiger charge is 2.26. The Balaban J connectivity index is 2.35. The van der Waals surface area contributed by atoms with E-state index >= 15 is 0 Å². The number of nitriles is 1. The third kappa shape index (κ3) is 1.72. The normalized spacial score (nSPS) is 14.6. The van der Waals surface area contributed by atoms with E-state index in [0.717, 1.165) is 11.3 Å². The van der Waals surface area contributed by atoms with Gasteiger partial charge in [0.25, 0.3) is 0 Å². The number of urea groups is 1. The predicted octanol–water partition coefficient (Wildman–Crippen LogP) is 1.97. The number of fused-ring (bicyclic) bond motifs is 1. The number of anilines is 1. The van der Waals surface area contributed by atoms with Gasteiger partial charge in [-0.3, -0.25) is 4.90 Å². The first-order valence-electron chi connectivity index (χ1n) is 5.21. The third-order valence-corrected chi connectivity index (χ3v) is 2.69. The summed E-state index contributed by atoms with van der Waals surface area (Å²) in [4.78, 5) is 15.3. The van der Waals surface area contributed by atoms with E-state index < -0.39 is 0 Å². The van der Waals surface area contributed by atoms with E-state index in [0.29, 0.717) is 19.5 Å². The van der Waals surface area contributed by atoms with Crippen molar-refractivity contribution in [3.63, 3.8) is 0 Å². The largest absolute Gasteiger partial charge is 0.324 e. The van der Waals surface area contributed by atoms with Gasteiger partial charge in [-0.1, -0.05) is 18.2 Å². The second-order valence-corrected chi connectivity index (χ2v) is 3.83. The first kappa shape index (κ1) is 10.5. The summed E-state index contributed by atoms with van der Waals surface area (Å²) in [7, 11) is 1.78. The van der Waals surface area contributed by atoms with Crippen LogP contribution in [-0.4, -0.2) is 24.5 Å². The zero-order valence-electron chi connectivity index (χ0n) is 9.18. The Morgan fingerprint density at radius 1 is 1.44 bits per heavy atom. The summed E-state index contributed by atoms with van der Waals surface area (Å²) >= 11 is 0. The van der Waals surface area contributed by atoms with Crippen LogP contribution in [0.2, 0.25) is 0 Å². The lowest BCUT2D eigenvalue weighted by atomic mass is 10.1. The van der Waals surface area contributed by atoms with E-state index in [9.17, 15) is 4.79 Å². The van der Waals surface area contributed by atoms with Crippen molar-refractivity contribution < 1.29 is 4.79 Å². The van der Waals surface area contributed by atoms with Crippen LogP contribution in [-0.2, 0) is 6.54 Å². The zero-order chi connectivity index (χ0) is 11.5. The lowest BCUT2D eigenvalue weighted by Crippen LogP contribution is -2.45. The topological polar surface area (TPSA) is 47.3 Å². The number of hydrogen-bond donors (Lipinski definition) is 0. The first-order valence-corrected chi connectivity index (χ1v) is 5.21. The SMILES string of the molecule is CN1Cc2ccccc2N(CCC#N)C1=O. The molecular weight excluding hydrogens is 202 g/mol. The number of carbonyl (C=O) groups excluding carboxylic acids is 1. The fraction of sp³-hybridized carbons (Fsp3) is 0.333. The van der Waals surface area contributed by atoms with Gasteiger partial charge in [-0.2, -0.15) is 5.26 Å². The molecule has 0 saturated heterocycles. The second kappa shape index (κ2) is 4.23. The van der Waals surface area contributed by atoms with Crippen molar-refractivity contribution in [2.75, 3.05) is 18.5 Å². The molecule has 0 N–H and O–H groups in total. The fourth-order valence-electron chi connectivity index (χ4n) is 1.92. The van der Waals surface area contributed by atoms with Crippen LogP contribution < -0.4 is 4.90 Å². The molecular formula is C12H13N3O. The summed E-state index contributed by atoms with van der Waals surface area (Å²) in [5.74, 6) is 0. The minimum atomic E-state index is -0.0334. The minimum absolute atomic E-state index is 0.0334. The molecule has 2 amide bonds. The van der Waals surface area contributed by atoms with Crippen molar-refractivity contribution in [3.8, 4) is 6.07 Å². The van der Waals surface area contributed by atoms with Gasteiger partial charge >= 0.3 is 6.03 Å². The van der Waals surface area contributed by atoms with Gasteiger partial charge in [0.05, 0.1) is 18.2 Å². The molecule has 0 unspecified atom stereocenters. The van der Waals surface area contributed by atoms with Crippen LogP contribution in [0.1, 0.15) is 12.0 Å². The van der Waals surface area contributed by atoms with Crippen LogP contribution in [0, 0.1) is 11.3 Å². The summed E-state index contributed by atoms with van der Waals surface area (Å²) < 4.78 is 0. The van der Waals surface area contributed by atoms with Gasteiger partial charge in [-0.25, -0.2) is 4.79 Å². The number of benzene rings is 1. The molecule has 16 heavy (non-hydrogen) atoms. The van der Waals surface area contributed by atoms with Gasteiger partial charge in [0.2, 0.25) is 0 Å². The Bertz CT molecular complexity index is 450. The van der Waals surface area contributed by atoms with E-state index in [1.807, 2.05) is 24.3 Å². The van der Waals surface area contributed by atoms with Gasteiger partial charge in [0, 0.05) is 20.1 Å². The highest BCUT2D eigenvalue weighted by molar-refractivity contribution is 5.94. The number of carbonyl (C=O) groups is 1. The maximum absolute atomic E-state index is 11.9. The van der Waals surface area contributed by atoms with Gasteiger partial charge in [0.1, 0.15) is 0 Å². The molecule has 0 radical (unpaired) electrons. The van der Waals surface area contributed by atoms with Gasteiger partial charge in [-0.15, -0.1) is 0 Å². The molecule has 82 valence electrons. The molecule has 4 heteroatoms. The van der Waals surface area contributed by atoms with E-state index in [1.54, 1.807) is 16.8 Å². The molecule has 4 nitrogen and oxygen atoms in total. The minimum Gasteiger partial charge on any atom is -0.323 e. The van der Waals surface area contributed by atoms with Crippen molar-refractivity contribution in [1.29, 1.82) is 5.26 Å². The monoisotopic (exact) mass is 215 g/mol. The molecule has 0 spiro atoms. The van der Waals surface area contributed by atoms with Crippen molar-refractivity contribution in [2.24, 2.45) is 0 Å². The molecule has 0 fully saturated rings. The summed E-state index contributed by atoms with van der Waals surface area (Å²) in [6.07, 6.45) is 0.355. The smallest absolute Gasteiger partial charge is 0.323 e. The Hall–Kier alpha value is -2.02. The standard InChI is InChI=1S/C12H13N3O/c1-14-9-10-5-2-3-6-11(10)15(12(14)16)8-4-7-13/h2-3,5-6H,4,8-9H2,1H3. The van der Waals surface area contributed by atoms with E-state index in [-0.39, 0.29) is 6.03 Å². The predicted molar refractivity (Wildman–Crippen MR) is 60.9 cm³/mol. The van der Waals surface area contributed by atoms with Crippen molar-refractivity contribution in [3.05, 3.63) is 29.8 Å². The maximum atomic E-state index is 11.9. The Labute approximate surface area is 94.7 Å².